The van der Waals surface area contributed by atoms with E-state index in [1.54, 1.807) is 0 Å². The number of nitrogens with zero attached hydrogens (tertiary/aromatic N) is 1. The number of hydrogen-bond acceptors (Lipinski definition) is 2. The standard InChI is InChI=1S/C14H17IN2OS/c1-14(2)8-10(5-6-18-14)17-12-4-3-9(15)7-11(12)16-13(17)19/h3-4,7,10H,5-6,8H2,1-2H3,(H,16,19). The van der Waals surface area contributed by atoms with Gasteiger partial charge in [0.15, 0.2) is 4.77 Å². The fourth-order valence-corrected chi connectivity index (χ4v) is 3.73. The second kappa shape index (κ2) is 4.86. The first-order valence-corrected chi connectivity index (χ1v) is 7.99. The number of rotatable bonds is 1. The van der Waals surface area contributed by atoms with Gasteiger partial charge in [-0.3, -0.25) is 0 Å². The van der Waals surface area contributed by atoms with Crippen molar-refractivity contribution in [2.75, 3.05) is 6.61 Å². The first-order chi connectivity index (χ1) is 8.96. The summed E-state index contributed by atoms with van der Waals surface area (Å²) in [7, 11) is 0. The summed E-state index contributed by atoms with van der Waals surface area (Å²) >= 11 is 7.84. The summed E-state index contributed by atoms with van der Waals surface area (Å²) in [4.78, 5) is 3.32. The predicted octanol–water partition coefficient (Wildman–Crippen LogP) is 4.43. The maximum Gasteiger partial charge on any atom is 0.178 e. The van der Waals surface area contributed by atoms with Gasteiger partial charge in [0.2, 0.25) is 0 Å². The molecule has 3 nitrogen and oxygen atoms in total. The van der Waals surface area contributed by atoms with Crippen molar-refractivity contribution in [2.45, 2.75) is 38.3 Å². The number of hydrogen-bond donors (Lipinski definition) is 1. The second-order valence-corrected chi connectivity index (χ2v) is 7.35. The van der Waals surface area contributed by atoms with Crippen molar-refractivity contribution >= 4 is 45.8 Å². The average Bonchev–Trinajstić information content (AvgIpc) is 2.62. The number of ether oxygens (including phenoxy) is 1. The van der Waals surface area contributed by atoms with Gasteiger partial charge in [0.05, 0.1) is 16.6 Å². The van der Waals surface area contributed by atoms with Crippen molar-refractivity contribution in [2.24, 2.45) is 0 Å². The lowest BCUT2D eigenvalue weighted by atomic mass is 9.93. The van der Waals surface area contributed by atoms with Gasteiger partial charge in [-0.2, -0.15) is 0 Å². The fraction of sp³-hybridized carbons (Fsp3) is 0.500. The first-order valence-electron chi connectivity index (χ1n) is 6.50. The zero-order valence-corrected chi connectivity index (χ0v) is 14.0. The lowest BCUT2D eigenvalue weighted by Gasteiger charge is -2.36. The molecule has 0 amide bonds. The highest BCUT2D eigenvalue weighted by atomic mass is 127. The molecule has 102 valence electrons. The zero-order chi connectivity index (χ0) is 13.6. The Balaban J connectivity index is 2.09. The highest BCUT2D eigenvalue weighted by Gasteiger charge is 2.30. The third-order valence-electron chi connectivity index (χ3n) is 3.71. The molecular formula is C14H17IN2OS. The largest absolute Gasteiger partial charge is 0.375 e. The van der Waals surface area contributed by atoms with Crippen LogP contribution in [0.15, 0.2) is 18.2 Å². The molecule has 0 saturated carbocycles. The molecule has 0 spiro atoms. The van der Waals surface area contributed by atoms with E-state index in [1.165, 1.54) is 9.09 Å². The van der Waals surface area contributed by atoms with Gasteiger partial charge < -0.3 is 14.3 Å². The Morgan fingerprint density at radius 1 is 1.47 bits per heavy atom. The Morgan fingerprint density at radius 2 is 2.26 bits per heavy atom. The summed E-state index contributed by atoms with van der Waals surface area (Å²) in [6.07, 6.45) is 2.02. The van der Waals surface area contributed by atoms with E-state index in [1.807, 2.05) is 0 Å². The summed E-state index contributed by atoms with van der Waals surface area (Å²) in [5, 5.41) is 0. The number of nitrogens with one attached hydrogen (secondary N) is 1. The molecule has 0 bridgehead atoms. The lowest BCUT2D eigenvalue weighted by Crippen LogP contribution is -2.35. The molecule has 1 aromatic carbocycles. The van der Waals surface area contributed by atoms with Crippen LogP contribution in [0.3, 0.4) is 0 Å². The van der Waals surface area contributed by atoms with Crippen LogP contribution in [0.4, 0.5) is 0 Å². The number of H-pyrrole nitrogens is 1. The van der Waals surface area contributed by atoms with E-state index in [9.17, 15) is 0 Å². The van der Waals surface area contributed by atoms with Gasteiger partial charge in [-0.1, -0.05) is 0 Å². The number of aromatic nitrogens is 2. The Kier molecular flexibility index (Phi) is 3.47. The summed E-state index contributed by atoms with van der Waals surface area (Å²) in [6, 6.07) is 6.86. The maximum atomic E-state index is 5.81. The van der Waals surface area contributed by atoms with Crippen LogP contribution in [-0.2, 0) is 4.74 Å². The van der Waals surface area contributed by atoms with Gasteiger partial charge in [-0.25, -0.2) is 0 Å². The molecular weight excluding hydrogens is 371 g/mol. The number of benzene rings is 1. The van der Waals surface area contributed by atoms with Crippen LogP contribution in [0, 0.1) is 8.34 Å². The summed E-state index contributed by atoms with van der Waals surface area (Å²) in [6.45, 7) is 5.11. The molecule has 2 heterocycles. The number of fused-ring (bicyclic) bond motifs is 1. The van der Waals surface area contributed by atoms with Gasteiger partial charge in [-0.15, -0.1) is 0 Å². The molecule has 1 aliphatic heterocycles. The van der Waals surface area contributed by atoms with E-state index in [2.05, 4.69) is 64.2 Å². The number of halogens is 1. The first kappa shape index (κ1) is 13.6. The van der Waals surface area contributed by atoms with Crippen molar-refractivity contribution in [1.29, 1.82) is 0 Å². The number of aromatic amines is 1. The molecule has 3 rings (SSSR count). The minimum atomic E-state index is -0.0650. The highest BCUT2D eigenvalue weighted by Crippen LogP contribution is 2.34. The smallest absolute Gasteiger partial charge is 0.178 e. The van der Waals surface area contributed by atoms with Gasteiger partial charge in [0, 0.05) is 16.2 Å². The topological polar surface area (TPSA) is 29.9 Å². The third kappa shape index (κ3) is 2.60. The van der Waals surface area contributed by atoms with Gasteiger partial charge in [0.25, 0.3) is 0 Å². The van der Waals surface area contributed by atoms with Crippen LogP contribution in [0.2, 0.25) is 0 Å². The third-order valence-corrected chi connectivity index (χ3v) is 4.68. The zero-order valence-electron chi connectivity index (χ0n) is 11.1. The lowest BCUT2D eigenvalue weighted by molar-refractivity contribution is -0.0687. The molecule has 1 N–H and O–H groups in total. The Bertz CT molecular complexity index is 674. The Morgan fingerprint density at radius 3 is 3.00 bits per heavy atom. The predicted molar refractivity (Wildman–Crippen MR) is 88.1 cm³/mol. The Hall–Kier alpha value is -0.400. The van der Waals surface area contributed by atoms with Crippen LogP contribution in [-0.4, -0.2) is 21.8 Å². The molecule has 1 unspecified atom stereocenters. The van der Waals surface area contributed by atoms with Crippen LogP contribution in [0.5, 0.6) is 0 Å². The highest BCUT2D eigenvalue weighted by molar-refractivity contribution is 14.1. The molecule has 19 heavy (non-hydrogen) atoms. The van der Waals surface area contributed by atoms with E-state index in [4.69, 9.17) is 17.0 Å². The fourth-order valence-electron chi connectivity index (χ4n) is 2.89. The van der Waals surface area contributed by atoms with Crippen molar-refractivity contribution in [3.63, 3.8) is 0 Å². The summed E-state index contributed by atoms with van der Waals surface area (Å²) < 4.78 is 10.1. The van der Waals surface area contributed by atoms with Crippen LogP contribution in [0.25, 0.3) is 11.0 Å². The van der Waals surface area contributed by atoms with Crippen LogP contribution < -0.4 is 0 Å². The molecule has 2 aromatic rings. The molecule has 0 radical (unpaired) electrons. The van der Waals surface area contributed by atoms with Gasteiger partial charge in [-0.05, 0) is 79.7 Å². The van der Waals surface area contributed by atoms with E-state index < -0.39 is 0 Å². The maximum absolute atomic E-state index is 5.81. The van der Waals surface area contributed by atoms with E-state index >= 15 is 0 Å². The SMILES string of the molecule is CC1(C)CC(n2c(=S)[nH]c3cc(I)ccc32)CCO1. The van der Waals surface area contributed by atoms with Gasteiger partial charge >= 0.3 is 0 Å². The average molecular weight is 388 g/mol. The monoisotopic (exact) mass is 388 g/mol. The van der Waals surface area contributed by atoms with Gasteiger partial charge in [0.1, 0.15) is 0 Å². The molecule has 1 fully saturated rings. The van der Waals surface area contributed by atoms with E-state index in [0.717, 1.165) is 29.7 Å². The minimum absolute atomic E-state index is 0.0650. The normalized spacial score (nSPS) is 22.8. The number of imidazole rings is 1. The van der Waals surface area contributed by atoms with Crippen molar-refractivity contribution < 1.29 is 4.74 Å². The van der Waals surface area contributed by atoms with Crippen LogP contribution in [0.1, 0.15) is 32.7 Å². The molecule has 0 aliphatic carbocycles. The molecule has 1 atom stereocenters. The molecule has 1 saturated heterocycles. The van der Waals surface area contributed by atoms with Crippen molar-refractivity contribution in [3.05, 3.63) is 26.5 Å². The molecule has 1 aliphatic rings. The summed E-state index contributed by atoms with van der Waals surface area (Å²) in [5.74, 6) is 0. The van der Waals surface area contributed by atoms with Crippen molar-refractivity contribution in [3.8, 4) is 0 Å². The second-order valence-electron chi connectivity index (χ2n) is 5.72. The molecule has 1 aromatic heterocycles. The van der Waals surface area contributed by atoms with E-state index in [-0.39, 0.29) is 5.60 Å². The van der Waals surface area contributed by atoms with E-state index in [0.29, 0.717) is 6.04 Å². The van der Waals surface area contributed by atoms with Crippen molar-refractivity contribution in [1.82, 2.24) is 9.55 Å². The molecule has 5 heteroatoms. The van der Waals surface area contributed by atoms with Crippen LogP contribution >= 0.6 is 34.8 Å². The summed E-state index contributed by atoms with van der Waals surface area (Å²) in [5.41, 5.74) is 2.26. The minimum Gasteiger partial charge on any atom is -0.375 e. The quantitative estimate of drug-likeness (QED) is 0.579. The Labute approximate surface area is 131 Å².